The zero-order chi connectivity index (χ0) is 26.6. The van der Waals surface area contributed by atoms with Crippen molar-refractivity contribution in [3.63, 3.8) is 0 Å². The van der Waals surface area contributed by atoms with Crippen LogP contribution in [0, 0.1) is 0 Å². The molecule has 13 heteroatoms. The highest BCUT2D eigenvalue weighted by Gasteiger charge is 2.61. The van der Waals surface area contributed by atoms with Crippen molar-refractivity contribution in [1.82, 2.24) is 19.5 Å². The fraction of sp³-hybridized carbons (Fsp3) is 0.783. The van der Waals surface area contributed by atoms with Gasteiger partial charge in [-0.25, -0.2) is 4.98 Å². The summed E-state index contributed by atoms with van der Waals surface area (Å²) in [5, 5.41) is -0.307. The van der Waals surface area contributed by atoms with E-state index in [2.05, 4.69) is 70.3 Å². The van der Waals surface area contributed by atoms with Crippen LogP contribution >= 0.6 is 12.6 Å². The van der Waals surface area contributed by atoms with Crippen LogP contribution < -0.4 is 10.5 Å². The second kappa shape index (κ2) is 10.2. The van der Waals surface area contributed by atoms with E-state index in [-0.39, 0.29) is 45.6 Å². The van der Waals surface area contributed by atoms with Crippen molar-refractivity contribution in [3.8, 4) is 5.88 Å². The number of methoxy groups -OCH3 is 1. The number of imidazole rings is 1. The number of nitrogen functional groups attached to an aromatic ring is 1. The molecule has 0 aromatic carbocycles. The van der Waals surface area contributed by atoms with Crippen LogP contribution in [0.3, 0.4) is 0 Å². The smallest absolute Gasteiger partial charge is 0.335 e. The molecule has 4 heterocycles. The Morgan fingerprint density at radius 3 is 2.19 bits per heavy atom. The Balaban J connectivity index is 1.78. The molecule has 2 saturated heterocycles. The van der Waals surface area contributed by atoms with Gasteiger partial charge in [-0.1, -0.05) is 55.4 Å². The van der Waals surface area contributed by atoms with Crippen LogP contribution in [0.2, 0.25) is 22.2 Å². The minimum atomic E-state index is -2.78. The molecule has 4 atom stereocenters. The molecule has 0 radical (unpaired) electrons. The number of fused-ring (bicyclic) bond motifs is 2. The summed E-state index contributed by atoms with van der Waals surface area (Å²) in [7, 11) is -3.91. The van der Waals surface area contributed by atoms with Gasteiger partial charge in [0, 0.05) is 0 Å². The van der Waals surface area contributed by atoms with Gasteiger partial charge in [-0.3, -0.25) is 4.57 Å². The molecule has 2 aliphatic rings. The lowest BCUT2D eigenvalue weighted by atomic mass is 10.2. The van der Waals surface area contributed by atoms with Crippen molar-refractivity contribution in [1.29, 1.82) is 0 Å². The minimum Gasteiger partial charge on any atom is -0.479 e. The van der Waals surface area contributed by atoms with Crippen molar-refractivity contribution < 1.29 is 22.4 Å². The van der Waals surface area contributed by atoms with E-state index in [0.29, 0.717) is 23.7 Å². The van der Waals surface area contributed by atoms with Gasteiger partial charge in [-0.05, 0) is 22.2 Å². The number of rotatable bonds is 6. The van der Waals surface area contributed by atoms with Crippen molar-refractivity contribution in [2.75, 3.05) is 19.5 Å². The van der Waals surface area contributed by atoms with E-state index >= 15 is 0 Å². The summed E-state index contributed by atoms with van der Waals surface area (Å²) in [4.78, 5) is 13.0. The Kier molecular flexibility index (Phi) is 7.84. The molecular weight excluding hydrogens is 515 g/mol. The maximum absolute atomic E-state index is 7.28. The number of thiol groups is 1. The molecule has 4 rings (SSSR count). The summed E-state index contributed by atoms with van der Waals surface area (Å²) < 4.78 is 35.1. The maximum atomic E-state index is 7.28. The molecule has 2 fully saturated rings. The highest BCUT2D eigenvalue weighted by molar-refractivity contribution is 7.81. The predicted octanol–water partition coefficient (Wildman–Crippen LogP) is 4.57. The lowest BCUT2D eigenvalue weighted by molar-refractivity contribution is -0.0544. The zero-order valence-electron chi connectivity index (χ0n) is 22.8. The summed E-state index contributed by atoms with van der Waals surface area (Å²) in [5.41, 5.74) is 7.95. The average Bonchev–Trinajstić information content (AvgIpc) is 3.33. The van der Waals surface area contributed by atoms with Gasteiger partial charge in [0.2, 0.25) is 11.8 Å². The normalized spacial score (nSPS) is 28.2. The van der Waals surface area contributed by atoms with Crippen LogP contribution in [-0.4, -0.2) is 67.8 Å². The predicted molar refractivity (Wildman–Crippen MR) is 147 cm³/mol. The molecule has 0 saturated carbocycles. The van der Waals surface area contributed by atoms with Crippen molar-refractivity contribution in [2.45, 2.75) is 101 Å². The van der Waals surface area contributed by atoms with E-state index in [0.717, 1.165) is 0 Å². The molecule has 2 N–H and O–H groups in total. The van der Waals surface area contributed by atoms with Gasteiger partial charge in [0.05, 0.1) is 31.4 Å². The zero-order valence-corrected chi connectivity index (χ0v) is 25.7. The van der Waals surface area contributed by atoms with Gasteiger partial charge in [0.25, 0.3) is 0 Å². The molecule has 0 aliphatic carbocycles. The first kappa shape index (κ1) is 27.8. The van der Waals surface area contributed by atoms with Crippen molar-refractivity contribution in [2.24, 2.45) is 0 Å². The summed E-state index contributed by atoms with van der Waals surface area (Å²) in [6, 6.07) is 0. The second-order valence-corrected chi connectivity index (χ2v) is 20.5. The van der Waals surface area contributed by atoms with Gasteiger partial charge < -0.3 is 28.2 Å². The number of aromatic nitrogens is 4. The third-order valence-electron chi connectivity index (χ3n) is 7.52. The standard InChI is InChI=1S/C23H41N5O5SSi2/c1-12(2)35(13(3)4)30-10-16-18(32-36(33-35,14(5)6)15(7)8)19(34)22(31-16)28-11-25-17-20(28)26-23(24)27-21(17)29-9/h11-16,18-19,22,34H,10H2,1-9H3,(H2,24,26,27)/t16-,18-,19+,22-/m1/s1. The minimum absolute atomic E-state index is 0.101. The topological polar surface area (TPSA) is 116 Å². The molecule has 0 spiro atoms. The SMILES string of the molecule is COc1nc(N)nc2c1ncn2[C@@H]1O[C@@H]2CO[Si](C(C)C)(C(C)C)O[Si](C(C)C)(C(C)C)O[C@H]2[C@@H]1S. The van der Waals surface area contributed by atoms with Gasteiger partial charge >= 0.3 is 17.1 Å². The molecule has 0 amide bonds. The molecule has 2 aliphatic heterocycles. The number of hydrogen-bond donors (Lipinski definition) is 2. The first-order valence-corrected chi connectivity index (χ1v) is 17.2. The van der Waals surface area contributed by atoms with Gasteiger partial charge in [0.15, 0.2) is 17.4 Å². The molecule has 2 aromatic heterocycles. The van der Waals surface area contributed by atoms with Crippen LogP contribution in [0.25, 0.3) is 11.2 Å². The van der Waals surface area contributed by atoms with E-state index in [1.165, 1.54) is 7.11 Å². The molecular formula is C23H41N5O5SSi2. The molecule has 10 nitrogen and oxygen atoms in total. The fourth-order valence-electron chi connectivity index (χ4n) is 5.60. The fourth-order valence-corrected chi connectivity index (χ4v) is 17.4. The number of hydrogen-bond acceptors (Lipinski definition) is 10. The number of nitrogens with zero attached hydrogens (tertiary/aromatic N) is 4. The van der Waals surface area contributed by atoms with E-state index < -0.39 is 23.3 Å². The summed E-state index contributed by atoms with van der Waals surface area (Å²) in [6.45, 7) is 18.0. The summed E-state index contributed by atoms with van der Waals surface area (Å²) in [6.07, 6.45) is 0.547. The van der Waals surface area contributed by atoms with Crippen LogP contribution in [0.5, 0.6) is 5.88 Å². The highest BCUT2D eigenvalue weighted by atomic mass is 32.1. The molecule has 2 aromatic rings. The lowest BCUT2D eigenvalue weighted by Gasteiger charge is -2.51. The second-order valence-electron chi connectivity index (χ2n) is 11.0. The van der Waals surface area contributed by atoms with Crippen LogP contribution in [0.4, 0.5) is 5.95 Å². The van der Waals surface area contributed by atoms with Crippen molar-refractivity contribution >= 4 is 46.9 Å². The highest BCUT2D eigenvalue weighted by Crippen LogP contribution is 2.49. The Bertz CT molecular complexity index is 1070. The van der Waals surface area contributed by atoms with E-state index in [1.807, 2.05) is 4.57 Å². The Labute approximate surface area is 221 Å². The average molecular weight is 556 g/mol. The maximum Gasteiger partial charge on any atom is 0.335 e. The Morgan fingerprint density at radius 2 is 1.64 bits per heavy atom. The third-order valence-corrected chi connectivity index (χ3v) is 18.3. The van der Waals surface area contributed by atoms with E-state index in [9.17, 15) is 0 Å². The summed E-state index contributed by atoms with van der Waals surface area (Å²) in [5.74, 6) is 0.421. The number of ether oxygens (including phenoxy) is 2. The monoisotopic (exact) mass is 555 g/mol. The van der Waals surface area contributed by atoms with Gasteiger partial charge in [-0.2, -0.15) is 22.6 Å². The van der Waals surface area contributed by atoms with Crippen molar-refractivity contribution in [3.05, 3.63) is 6.33 Å². The molecule has 0 bridgehead atoms. The van der Waals surface area contributed by atoms with Gasteiger partial charge in [-0.15, -0.1) is 0 Å². The van der Waals surface area contributed by atoms with E-state index in [1.54, 1.807) is 6.33 Å². The first-order chi connectivity index (χ1) is 16.9. The summed E-state index contributed by atoms with van der Waals surface area (Å²) >= 11 is 5.04. The number of nitrogens with two attached hydrogens (primary N) is 1. The Hall–Kier alpha value is -1.23. The molecule has 0 unspecified atom stereocenters. The first-order valence-electron chi connectivity index (χ1n) is 12.8. The largest absolute Gasteiger partial charge is 0.479 e. The quantitative estimate of drug-likeness (QED) is 0.390. The van der Waals surface area contributed by atoms with Crippen LogP contribution in [0.1, 0.15) is 61.6 Å². The molecule has 36 heavy (non-hydrogen) atoms. The van der Waals surface area contributed by atoms with Crippen LogP contribution in [0.15, 0.2) is 6.33 Å². The third kappa shape index (κ3) is 4.39. The molecule has 202 valence electrons. The lowest BCUT2D eigenvalue weighted by Crippen LogP contribution is -2.65. The van der Waals surface area contributed by atoms with Crippen LogP contribution in [-0.2, 0) is 17.7 Å². The van der Waals surface area contributed by atoms with E-state index in [4.69, 9.17) is 40.8 Å². The van der Waals surface area contributed by atoms with Gasteiger partial charge in [0.1, 0.15) is 6.10 Å². The Morgan fingerprint density at radius 1 is 1.03 bits per heavy atom. The number of anilines is 1.